The lowest BCUT2D eigenvalue weighted by Gasteiger charge is -2.19. The van der Waals surface area contributed by atoms with Crippen molar-refractivity contribution < 1.29 is 23.2 Å². The first-order valence-electron chi connectivity index (χ1n) is 7.11. The zero-order valence-electron chi connectivity index (χ0n) is 13.4. The predicted octanol–water partition coefficient (Wildman–Crippen LogP) is 3.35. The van der Waals surface area contributed by atoms with Crippen LogP contribution >= 0.6 is 7.60 Å². The number of rotatable bonds is 7. The van der Waals surface area contributed by atoms with E-state index >= 15 is 0 Å². The maximum absolute atomic E-state index is 12.5. The van der Waals surface area contributed by atoms with Gasteiger partial charge in [-0.15, -0.1) is 0 Å². The van der Waals surface area contributed by atoms with E-state index in [9.17, 15) is 14.2 Å². The molecule has 7 heteroatoms. The molecule has 0 spiro atoms. The molecule has 0 saturated carbocycles. The highest BCUT2D eigenvalue weighted by Crippen LogP contribution is 2.51. The summed E-state index contributed by atoms with van der Waals surface area (Å²) in [4.78, 5) is 24.1. The molecule has 0 aliphatic heterocycles. The molecule has 0 aromatic heterocycles. The maximum atomic E-state index is 12.5. The summed E-state index contributed by atoms with van der Waals surface area (Å²) < 4.78 is 22.9. The number of benzene rings is 1. The Balaban J connectivity index is 2.94. The van der Waals surface area contributed by atoms with Crippen molar-refractivity contribution in [2.45, 2.75) is 33.9 Å². The van der Waals surface area contributed by atoms with E-state index in [-0.39, 0.29) is 18.0 Å². The van der Waals surface area contributed by atoms with E-state index in [1.165, 1.54) is 13.8 Å². The number of imide groups is 1. The minimum atomic E-state index is -3.17. The van der Waals surface area contributed by atoms with Crippen LogP contribution in [0, 0.1) is 0 Å². The molecule has 0 N–H and O–H groups in total. The first kappa shape index (κ1) is 18.6. The van der Waals surface area contributed by atoms with Gasteiger partial charge in [-0.3, -0.25) is 19.1 Å². The van der Waals surface area contributed by atoms with E-state index < -0.39 is 7.60 Å². The van der Waals surface area contributed by atoms with Gasteiger partial charge in [-0.25, -0.2) is 0 Å². The minimum absolute atomic E-state index is 0.148. The van der Waals surface area contributed by atoms with Gasteiger partial charge in [-0.05, 0) is 31.5 Å². The second-order valence-electron chi connectivity index (χ2n) is 4.64. The second-order valence-corrected chi connectivity index (χ2v) is 6.70. The van der Waals surface area contributed by atoms with Crippen LogP contribution in [0.4, 0.5) is 5.69 Å². The highest BCUT2D eigenvalue weighted by molar-refractivity contribution is 7.53. The molecule has 6 nitrogen and oxygen atoms in total. The molecular weight excluding hydrogens is 305 g/mol. The Hall–Kier alpha value is -1.49. The normalized spacial score (nSPS) is 11.3. The quantitative estimate of drug-likeness (QED) is 0.718. The molecule has 0 heterocycles. The average molecular weight is 327 g/mol. The van der Waals surface area contributed by atoms with Crippen LogP contribution in [0.15, 0.2) is 24.3 Å². The zero-order valence-corrected chi connectivity index (χ0v) is 14.3. The standard InChI is InChI=1S/C15H22NO5P/c1-5-20-22(19,21-6-2)11-14-7-9-15(10-8-14)16(12(3)17)13(4)18/h7-10H,5-6,11H2,1-4H3. The van der Waals surface area contributed by atoms with Gasteiger partial charge in [0.1, 0.15) is 0 Å². The van der Waals surface area contributed by atoms with Gasteiger partial charge in [0.2, 0.25) is 11.8 Å². The summed E-state index contributed by atoms with van der Waals surface area (Å²) in [5.41, 5.74) is 1.23. The van der Waals surface area contributed by atoms with E-state index in [1.54, 1.807) is 38.1 Å². The van der Waals surface area contributed by atoms with Crippen LogP contribution in [0.1, 0.15) is 33.3 Å². The predicted molar refractivity (Wildman–Crippen MR) is 84.8 cm³/mol. The SMILES string of the molecule is CCOP(=O)(Cc1ccc(N(C(C)=O)C(C)=O)cc1)OCC. The highest BCUT2D eigenvalue weighted by atomic mass is 31.2. The number of nitrogens with zero attached hydrogens (tertiary/aromatic N) is 1. The van der Waals surface area contributed by atoms with Crippen molar-refractivity contribution in [3.8, 4) is 0 Å². The summed E-state index contributed by atoms with van der Waals surface area (Å²) >= 11 is 0. The lowest BCUT2D eigenvalue weighted by Crippen LogP contribution is -2.32. The van der Waals surface area contributed by atoms with Gasteiger partial charge in [0.15, 0.2) is 0 Å². The topological polar surface area (TPSA) is 72.9 Å². The van der Waals surface area contributed by atoms with Crippen molar-refractivity contribution in [3.05, 3.63) is 29.8 Å². The molecule has 2 amide bonds. The Morgan fingerprint density at radius 3 is 1.82 bits per heavy atom. The van der Waals surface area contributed by atoms with Crippen LogP contribution in [0.2, 0.25) is 0 Å². The van der Waals surface area contributed by atoms with E-state index in [1.807, 2.05) is 0 Å². The van der Waals surface area contributed by atoms with Crippen molar-refractivity contribution in [2.75, 3.05) is 18.1 Å². The molecule has 0 aliphatic carbocycles. The number of anilines is 1. The van der Waals surface area contributed by atoms with Crippen molar-refractivity contribution in [2.24, 2.45) is 0 Å². The fraction of sp³-hybridized carbons (Fsp3) is 0.467. The number of carbonyl (C=O) groups is 2. The summed E-state index contributed by atoms with van der Waals surface area (Å²) in [5.74, 6) is -0.705. The summed E-state index contributed by atoms with van der Waals surface area (Å²) in [6.45, 7) is 6.77. The van der Waals surface area contributed by atoms with Crippen molar-refractivity contribution in [1.29, 1.82) is 0 Å². The lowest BCUT2D eigenvalue weighted by molar-refractivity contribution is -0.124. The number of hydrogen-bond acceptors (Lipinski definition) is 5. The third-order valence-electron chi connectivity index (χ3n) is 2.85. The van der Waals surface area contributed by atoms with Crippen molar-refractivity contribution >= 4 is 25.1 Å². The van der Waals surface area contributed by atoms with Crippen LogP contribution in [-0.2, 0) is 29.4 Å². The summed E-state index contributed by atoms with van der Waals surface area (Å²) in [5, 5.41) is 0. The largest absolute Gasteiger partial charge is 0.335 e. The van der Waals surface area contributed by atoms with Gasteiger partial charge < -0.3 is 9.05 Å². The van der Waals surface area contributed by atoms with Crippen LogP contribution in [-0.4, -0.2) is 25.0 Å². The first-order valence-corrected chi connectivity index (χ1v) is 8.84. The average Bonchev–Trinajstić information content (AvgIpc) is 2.40. The molecule has 0 saturated heterocycles. The third kappa shape index (κ3) is 5.05. The lowest BCUT2D eigenvalue weighted by atomic mass is 10.2. The molecule has 1 rings (SSSR count). The Labute approximate surface area is 130 Å². The van der Waals surface area contributed by atoms with Gasteiger partial charge in [0, 0.05) is 13.8 Å². The Morgan fingerprint density at radius 2 is 1.45 bits per heavy atom. The molecule has 0 atom stereocenters. The van der Waals surface area contributed by atoms with E-state index in [4.69, 9.17) is 9.05 Å². The van der Waals surface area contributed by atoms with E-state index in [0.29, 0.717) is 18.9 Å². The number of hydrogen-bond donors (Lipinski definition) is 0. The summed E-state index contributed by atoms with van der Waals surface area (Å²) in [6, 6.07) is 6.69. The molecule has 0 unspecified atom stereocenters. The maximum Gasteiger partial charge on any atom is 0.335 e. The van der Waals surface area contributed by atoms with Gasteiger partial charge in [-0.1, -0.05) is 12.1 Å². The van der Waals surface area contributed by atoms with Crippen molar-refractivity contribution in [1.82, 2.24) is 0 Å². The fourth-order valence-electron chi connectivity index (χ4n) is 2.08. The van der Waals surface area contributed by atoms with Crippen molar-refractivity contribution in [3.63, 3.8) is 0 Å². The molecular formula is C15H22NO5P. The smallest absolute Gasteiger partial charge is 0.309 e. The highest BCUT2D eigenvalue weighted by Gasteiger charge is 2.24. The monoisotopic (exact) mass is 327 g/mol. The Kier molecular flexibility index (Phi) is 6.94. The van der Waals surface area contributed by atoms with Crippen LogP contribution in [0.5, 0.6) is 0 Å². The molecule has 1 aromatic rings. The molecule has 0 aliphatic rings. The molecule has 122 valence electrons. The molecule has 22 heavy (non-hydrogen) atoms. The van der Waals surface area contributed by atoms with Crippen LogP contribution < -0.4 is 4.90 Å². The molecule has 0 bridgehead atoms. The minimum Gasteiger partial charge on any atom is -0.309 e. The third-order valence-corrected chi connectivity index (χ3v) is 4.91. The summed E-state index contributed by atoms with van der Waals surface area (Å²) in [6.07, 6.45) is 0.148. The summed E-state index contributed by atoms with van der Waals surface area (Å²) in [7, 11) is -3.17. The second kappa shape index (κ2) is 8.22. The molecule has 0 fully saturated rings. The van der Waals surface area contributed by atoms with Gasteiger partial charge in [0.25, 0.3) is 0 Å². The Morgan fingerprint density at radius 1 is 1.00 bits per heavy atom. The zero-order chi connectivity index (χ0) is 16.8. The van der Waals surface area contributed by atoms with Gasteiger partial charge in [0.05, 0.1) is 25.1 Å². The number of carbonyl (C=O) groups excluding carboxylic acids is 2. The molecule has 1 aromatic carbocycles. The Bertz CT molecular complexity index is 546. The van der Waals surface area contributed by atoms with Crippen LogP contribution in [0.25, 0.3) is 0 Å². The van der Waals surface area contributed by atoms with Crippen LogP contribution in [0.3, 0.4) is 0 Å². The first-order chi connectivity index (χ1) is 10.3. The van der Waals surface area contributed by atoms with E-state index in [2.05, 4.69) is 0 Å². The molecule has 0 radical (unpaired) electrons. The fourth-order valence-corrected chi connectivity index (χ4v) is 3.78. The van der Waals surface area contributed by atoms with Gasteiger partial charge in [-0.2, -0.15) is 0 Å². The number of amides is 2. The van der Waals surface area contributed by atoms with E-state index in [0.717, 1.165) is 10.5 Å². The van der Waals surface area contributed by atoms with Gasteiger partial charge >= 0.3 is 7.60 Å².